The third-order valence-electron chi connectivity index (χ3n) is 2.71. The standard InChI is InChI=1S/C15H19NOS/c1-15(2,3)14-8-7-13(18-14)10-16-11-5-4-6-12(17)9-11/h4-9,16-17H,10H2,1-3H3. The predicted octanol–water partition coefficient (Wildman–Crippen LogP) is 4.36. The number of nitrogens with one attached hydrogen (secondary N) is 1. The Bertz CT molecular complexity index is 525. The molecule has 1 aromatic heterocycles. The summed E-state index contributed by atoms with van der Waals surface area (Å²) in [6, 6.07) is 11.6. The van der Waals surface area contributed by atoms with Crippen LogP contribution in [0, 0.1) is 0 Å². The Hall–Kier alpha value is -1.48. The molecule has 2 N–H and O–H groups in total. The van der Waals surface area contributed by atoms with Crippen LogP contribution in [0.1, 0.15) is 30.5 Å². The van der Waals surface area contributed by atoms with E-state index in [1.54, 1.807) is 12.1 Å². The van der Waals surface area contributed by atoms with Gasteiger partial charge in [0, 0.05) is 28.1 Å². The molecule has 96 valence electrons. The number of hydrogen-bond donors (Lipinski definition) is 2. The maximum Gasteiger partial charge on any atom is 0.117 e. The molecule has 0 aliphatic rings. The Balaban J connectivity index is 2.01. The molecular formula is C15H19NOS. The van der Waals surface area contributed by atoms with E-state index in [2.05, 4.69) is 38.2 Å². The lowest BCUT2D eigenvalue weighted by Crippen LogP contribution is -2.07. The highest BCUT2D eigenvalue weighted by Gasteiger charge is 2.15. The highest BCUT2D eigenvalue weighted by atomic mass is 32.1. The van der Waals surface area contributed by atoms with Gasteiger partial charge in [-0.2, -0.15) is 0 Å². The van der Waals surface area contributed by atoms with Crippen LogP contribution in [0.15, 0.2) is 36.4 Å². The predicted molar refractivity (Wildman–Crippen MR) is 78.5 cm³/mol. The summed E-state index contributed by atoms with van der Waals surface area (Å²) in [7, 11) is 0. The summed E-state index contributed by atoms with van der Waals surface area (Å²) in [6.45, 7) is 7.48. The first-order chi connectivity index (χ1) is 8.45. The zero-order valence-corrected chi connectivity index (χ0v) is 11.8. The first-order valence-electron chi connectivity index (χ1n) is 6.07. The van der Waals surface area contributed by atoms with Gasteiger partial charge in [0.2, 0.25) is 0 Å². The van der Waals surface area contributed by atoms with Crippen molar-refractivity contribution < 1.29 is 5.11 Å². The first kappa shape index (κ1) is 13.0. The van der Waals surface area contributed by atoms with Gasteiger partial charge in [0.1, 0.15) is 5.75 Å². The van der Waals surface area contributed by atoms with Crippen LogP contribution in [0.2, 0.25) is 0 Å². The zero-order valence-electron chi connectivity index (χ0n) is 11.0. The molecule has 0 bridgehead atoms. The molecular weight excluding hydrogens is 242 g/mol. The maximum atomic E-state index is 9.38. The molecule has 0 saturated heterocycles. The third-order valence-corrected chi connectivity index (χ3v) is 4.22. The van der Waals surface area contributed by atoms with Gasteiger partial charge in [-0.25, -0.2) is 0 Å². The fraction of sp³-hybridized carbons (Fsp3) is 0.333. The van der Waals surface area contributed by atoms with E-state index in [0.29, 0.717) is 5.75 Å². The van der Waals surface area contributed by atoms with E-state index in [9.17, 15) is 5.11 Å². The molecule has 0 radical (unpaired) electrons. The van der Waals surface area contributed by atoms with Crippen molar-refractivity contribution in [2.45, 2.75) is 32.7 Å². The summed E-state index contributed by atoms with van der Waals surface area (Å²) >= 11 is 1.84. The van der Waals surface area contributed by atoms with Crippen molar-refractivity contribution in [1.29, 1.82) is 0 Å². The van der Waals surface area contributed by atoms with E-state index in [1.165, 1.54) is 9.75 Å². The highest BCUT2D eigenvalue weighted by molar-refractivity contribution is 7.12. The number of aromatic hydroxyl groups is 1. The van der Waals surface area contributed by atoms with Gasteiger partial charge in [0.25, 0.3) is 0 Å². The van der Waals surface area contributed by atoms with Crippen LogP contribution in [0.25, 0.3) is 0 Å². The fourth-order valence-electron chi connectivity index (χ4n) is 1.68. The number of benzene rings is 1. The lowest BCUT2D eigenvalue weighted by Gasteiger charge is -2.15. The van der Waals surface area contributed by atoms with E-state index in [-0.39, 0.29) is 5.41 Å². The first-order valence-corrected chi connectivity index (χ1v) is 6.89. The van der Waals surface area contributed by atoms with Crippen LogP contribution >= 0.6 is 11.3 Å². The SMILES string of the molecule is CC(C)(C)c1ccc(CNc2cccc(O)c2)s1. The minimum atomic E-state index is 0.216. The van der Waals surface area contributed by atoms with Gasteiger partial charge in [0.15, 0.2) is 0 Å². The van der Waals surface area contributed by atoms with Crippen molar-refractivity contribution in [1.82, 2.24) is 0 Å². The fourth-order valence-corrected chi connectivity index (χ4v) is 2.69. The van der Waals surface area contributed by atoms with E-state index >= 15 is 0 Å². The monoisotopic (exact) mass is 261 g/mol. The summed E-state index contributed by atoms with van der Waals surface area (Å²) in [5, 5.41) is 12.7. The Morgan fingerprint density at radius 2 is 1.94 bits per heavy atom. The second-order valence-electron chi connectivity index (χ2n) is 5.42. The van der Waals surface area contributed by atoms with Crippen molar-refractivity contribution in [3.05, 3.63) is 46.2 Å². The van der Waals surface area contributed by atoms with E-state index in [4.69, 9.17) is 0 Å². The van der Waals surface area contributed by atoms with E-state index in [0.717, 1.165) is 12.2 Å². The van der Waals surface area contributed by atoms with Crippen LogP contribution in [0.4, 0.5) is 5.69 Å². The lowest BCUT2D eigenvalue weighted by molar-refractivity contribution is 0.475. The molecule has 2 rings (SSSR count). The van der Waals surface area contributed by atoms with Crippen LogP contribution < -0.4 is 5.32 Å². The Morgan fingerprint density at radius 3 is 2.56 bits per heavy atom. The van der Waals surface area contributed by atoms with Crippen LogP contribution in [-0.4, -0.2) is 5.11 Å². The number of hydrogen-bond acceptors (Lipinski definition) is 3. The van der Waals surface area contributed by atoms with Crippen molar-refractivity contribution >= 4 is 17.0 Å². The molecule has 0 aliphatic carbocycles. The van der Waals surface area contributed by atoms with Gasteiger partial charge in [-0.3, -0.25) is 0 Å². The van der Waals surface area contributed by atoms with Crippen molar-refractivity contribution in [2.75, 3.05) is 5.32 Å². The second-order valence-corrected chi connectivity index (χ2v) is 6.59. The summed E-state index contributed by atoms with van der Waals surface area (Å²) in [5.74, 6) is 0.293. The summed E-state index contributed by atoms with van der Waals surface area (Å²) in [5.41, 5.74) is 1.16. The topological polar surface area (TPSA) is 32.3 Å². The molecule has 3 heteroatoms. The Labute approximate surface area is 112 Å². The molecule has 1 aromatic carbocycles. The summed E-state index contributed by atoms with van der Waals surface area (Å²) in [6.07, 6.45) is 0. The number of phenols is 1. The van der Waals surface area contributed by atoms with Gasteiger partial charge in [-0.1, -0.05) is 26.8 Å². The number of anilines is 1. The molecule has 0 amide bonds. The number of thiophene rings is 1. The Kier molecular flexibility index (Phi) is 3.62. The Morgan fingerprint density at radius 1 is 1.17 bits per heavy atom. The molecule has 0 fully saturated rings. The molecule has 0 saturated carbocycles. The largest absolute Gasteiger partial charge is 0.508 e. The van der Waals surface area contributed by atoms with Crippen molar-refractivity contribution in [2.24, 2.45) is 0 Å². The summed E-state index contributed by atoms with van der Waals surface area (Å²) < 4.78 is 0. The average Bonchev–Trinajstić information content (AvgIpc) is 2.74. The normalized spacial score (nSPS) is 11.5. The smallest absolute Gasteiger partial charge is 0.117 e. The molecule has 0 spiro atoms. The van der Waals surface area contributed by atoms with Crippen LogP contribution in [0.5, 0.6) is 5.75 Å². The van der Waals surface area contributed by atoms with Gasteiger partial charge in [-0.15, -0.1) is 11.3 Å². The van der Waals surface area contributed by atoms with E-state index < -0.39 is 0 Å². The van der Waals surface area contributed by atoms with Crippen molar-refractivity contribution in [3.63, 3.8) is 0 Å². The molecule has 0 atom stereocenters. The number of phenolic OH excluding ortho intramolecular Hbond substituents is 1. The van der Waals surface area contributed by atoms with Crippen molar-refractivity contribution in [3.8, 4) is 5.75 Å². The van der Waals surface area contributed by atoms with Crippen LogP contribution in [0.3, 0.4) is 0 Å². The third kappa shape index (κ3) is 3.26. The van der Waals surface area contributed by atoms with Crippen LogP contribution in [-0.2, 0) is 12.0 Å². The lowest BCUT2D eigenvalue weighted by atomic mass is 9.95. The molecule has 0 aliphatic heterocycles. The maximum absolute atomic E-state index is 9.38. The number of rotatable bonds is 3. The minimum absolute atomic E-state index is 0.216. The summed E-state index contributed by atoms with van der Waals surface area (Å²) in [4.78, 5) is 2.71. The highest BCUT2D eigenvalue weighted by Crippen LogP contribution is 2.29. The quantitative estimate of drug-likeness (QED) is 0.860. The molecule has 0 unspecified atom stereocenters. The minimum Gasteiger partial charge on any atom is -0.508 e. The second kappa shape index (κ2) is 5.02. The average molecular weight is 261 g/mol. The molecule has 2 aromatic rings. The van der Waals surface area contributed by atoms with Gasteiger partial charge >= 0.3 is 0 Å². The van der Waals surface area contributed by atoms with E-state index in [1.807, 2.05) is 23.5 Å². The zero-order chi connectivity index (χ0) is 13.2. The van der Waals surface area contributed by atoms with Gasteiger partial charge in [0.05, 0.1) is 0 Å². The van der Waals surface area contributed by atoms with Gasteiger partial charge < -0.3 is 10.4 Å². The molecule has 1 heterocycles. The van der Waals surface area contributed by atoms with Gasteiger partial charge in [-0.05, 0) is 29.7 Å². The molecule has 2 nitrogen and oxygen atoms in total. The molecule has 18 heavy (non-hydrogen) atoms.